The minimum Gasteiger partial charge on any atom is -0.354 e. The number of nitrogens with zero attached hydrogens (tertiary/aromatic N) is 3. The number of aromatic nitrogens is 3. The Bertz CT molecular complexity index is 1040. The van der Waals surface area contributed by atoms with Gasteiger partial charge in [0.05, 0.1) is 16.5 Å². The van der Waals surface area contributed by atoms with Crippen molar-refractivity contribution in [2.75, 3.05) is 18.0 Å². The van der Waals surface area contributed by atoms with E-state index in [1.54, 1.807) is 18.2 Å². The Hall–Kier alpha value is -2.87. The van der Waals surface area contributed by atoms with Crippen LogP contribution in [0.2, 0.25) is 0 Å². The zero-order valence-electron chi connectivity index (χ0n) is 15.3. The first kappa shape index (κ1) is 18.5. The number of fused-ring (bicyclic) bond motifs is 1. The van der Waals surface area contributed by atoms with Crippen LogP contribution in [0.3, 0.4) is 0 Å². The zero-order chi connectivity index (χ0) is 19.9. The number of hydrogen-bond donors (Lipinski definition) is 2. The molecule has 3 aromatic rings. The number of aromatic amines is 1. The molecular formula is C20H20F3N5. The second kappa shape index (κ2) is 6.63. The molecule has 8 heteroatoms. The number of benzene rings is 1. The molecule has 0 saturated carbocycles. The summed E-state index contributed by atoms with van der Waals surface area (Å²) in [6, 6.07) is 5.23. The van der Waals surface area contributed by atoms with Crippen molar-refractivity contribution in [1.29, 1.82) is 0 Å². The van der Waals surface area contributed by atoms with Gasteiger partial charge >= 0.3 is 6.18 Å². The highest BCUT2D eigenvalue weighted by Crippen LogP contribution is 2.32. The number of halogens is 3. The van der Waals surface area contributed by atoms with Crippen LogP contribution in [0.5, 0.6) is 0 Å². The van der Waals surface area contributed by atoms with Crippen molar-refractivity contribution in [3.63, 3.8) is 0 Å². The highest BCUT2D eigenvalue weighted by atomic mass is 19.4. The third kappa shape index (κ3) is 3.47. The van der Waals surface area contributed by atoms with Gasteiger partial charge in [0.2, 0.25) is 0 Å². The summed E-state index contributed by atoms with van der Waals surface area (Å²) in [5.41, 5.74) is 7.51. The van der Waals surface area contributed by atoms with E-state index in [1.807, 2.05) is 13.1 Å². The summed E-state index contributed by atoms with van der Waals surface area (Å²) in [6.07, 6.45) is 3.18. The molecule has 3 heterocycles. The van der Waals surface area contributed by atoms with Crippen LogP contribution in [0.25, 0.3) is 17.1 Å². The summed E-state index contributed by atoms with van der Waals surface area (Å²) >= 11 is 0. The van der Waals surface area contributed by atoms with Crippen molar-refractivity contribution in [1.82, 2.24) is 15.0 Å². The van der Waals surface area contributed by atoms with E-state index in [2.05, 4.69) is 19.9 Å². The first-order valence-electron chi connectivity index (χ1n) is 8.94. The number of anilines is 1. The number of rotatable bonds is 3. The summed E-state index contributed by atoms with van der Waals surface area (Å²) in [5, 5.41) is 0.966. The van der Waals surface area contributed by atoms with Crippen LogP contribution < -0.4 is 10.6 Å². The van der Waals surface area contributed by atoms with E-state index in [1.165, 1.54) is 12.4 Å². The number of hydrogen-bond acceptors (Lipinski definition) is 4. The number of alkyl halides is 3. The van der Waals surface area contributed by atoms with Gasteiger partial charge in [-0.2, -0.15) is 13.2 Å². The molecule has 0 spiro atoms. The van der Waals surface area contributed by atoms with Crippen LogP contribution in [-0.2, 0) is 6.18 Å². The smallest absolute Gasteiger partial charge is 0.354 e. The van der Waals surface area contributed by atoms with Crippen LogP contribution in [0, 0.1) is 6.92 Å². The lowest BCUT2D eigenvalue weighted by Crippen LogP contribution is -2.40. The van der Waals surface area contributed by atoms with Crippen molar-refractivity contribution < 1.29 is 13.2 Å². The molecule has 5 nitrogen and oxygen atoms in total. The normalized spacial score (nSPS) is 20.5. The first-order valence-corrected chi connectivity index (χ1v) is 8.94. The number of H-pyrrole nitrogens is 1. The van der Waals surface area contributed by atoms with Crippen LogP contribution >= 0.6 is 0 Å². The molecule has 0 aliphatic carbocycles. The van der Waals surface area contributed by atoms with Gasteiger partial charge in [0.15, 0.2) is 0 Å². The Morgan fingerprint density at radius 2 is 2.11 bits per heavy atom. The Labute approximate surface area is 160 Å². The fourth-order valence-corrected chi connectivity index (χ4v) is 3.59. The van der Waals surface area contributed by atoms with Gasteiger partial charge in [0.25, 0.3) is 0 Å². The SMILES string of the molecule is Cc1c[nH]c2ncnc(N3CCC(N)(C=Cc4cccc(C(F)(F)F)c4)C3)c12. The highest BCUT2D eigenvalue weighted by molar-refractivity contribution is 5.90. The summed E-state index contributed by atoms with van der Waals surface area (Å²) in [4.78, 5) is 13.9. The number of nitrogens with one attached hydrogen (secondary N) is 1. The van der Waals surface area contributed by atoms with Crippen molar-refractivity contribution in [3.8, 4) is 0 Å². The molecule has 0 radical (unpaired) electrons. The van der Waals surface area contributed by atoms with Gasteiger partial charge < -0.3 is 15.6 Å². The minimum absolute atomic E-state index is 0.476. The van der Waals surface area contributed by atoms with E-state index < -0.39 is 17.3 Å². The Balaban J connectivity index is 1.56. The predicted molar refractivity (Wildman–Crippen MR) is 103 cm³/mol. The molecule has 1 saturated heterocycles. The van der Waals surface area contributed by atoms with Crippen LogP contribution in [0.4, 0.5) is 19.0 Å². The van der Waals surface area contributed by atoms with Crippen molar-refractivity contribution >= 4 is 22.9 Å². The average Bonchev–Trinajstić information content (AvgIpc) is 3.24. The van der Waals surface area contributed by atoms with Crippen LogP contribution in [0.15, 0.2) is 42.9 Å². The second-order valence-electron chi connectivity index (χ2n) is 7.25. The maximum Gasteiger partial charge on any atom is 0.416 e. The fourth-order valence-electron chi connectivity index (χ4n) is 3.59. The van der Waals surface area contributed by atoms with E-state index in [4.69, 9.17) is 5.73 Å². The Morgan fingerprint density at radius 1 is 1.29 bits per heavy atom. The molecule has 3 N–H and O–H groups in total. The predicted octanol–water partition coefficient (Wildman–Crippen LogP) is 3.91. The van der Waals surface area contributed by atoms with E-state index in [9.17, 15) is 13.2 Å². The summed E-state index contributed by atoms with van der Waals surface area (Å²) in [6.45, 7) is 3.23. The molecule has 0 bridgehead atoms. The van der Waals surface area contributed by atoms with E-state index in [0.717, 1.165) is 34.5 Å². The summed E-state index contributed by atoms with van der Waals surface area (Å²) < 4.78 is 38.7. The van der Waals surface area contributed by atoms with Crippen molar-refractivity contribution in [3.05, 3.63) is 59.6 Å². The maximum atomic E-state index is 12.9. The highest BCUT2D eigenvalue weighted by Gasteiger charge is 2.34. The average molecular weight is 387 g/mol. The molecule has 1 aromatic carbocycles. The largest absolute Gasteiger partial charge is 0.416 e. The lowest BCUT2D eigenvalue weighted by Gasteiger charge is -2.22. The van der Waals surface area contributed by atoms with Gasteiger partial charge in [-0.15, -0.1) is 0 Å². The van der Waals surface area contributed by atoms with E-state index in [-0.39, 0.29) is 0 Å². The lowest BCUT2D eigenvalue weighted by atomic mass is 9.98. The molecule has 1 aliphatic rings. The van der Waals surface area contributed by atoms with Gasteiger partial charge in [0, 0.05) is 19.3 Å². The molecule has 1 unspecified atom stereocenters. The molecule has 1 aliphatic heterocycles. The quantitative estimate of drug-likeness (QED) is 0.715. The van der Waals surface area contributed by atoms with Crippen LogP contribution in [0.1, 0.15) is 23.1 Å². The molecule has 4 rings (SSSR count). The van der Waals surface area contributed by atoms with Gasteiger partial charge in [-0.25, -0.2) is 9.97 Å². The molecule has 1 fully saturated rings. The first-order chi connectivity index (χ1) is 13.3. The maximum absolute atomic E-state index is 12.9. The Morgan fingerprint density at radius 3 is 2.89 bits per heavy atom. The fraction of sp³-hybridized carbons (Fsp3) is 0.300. The molecule has 0 amide bonds. The number of aryl methyl sites for hydroxylation is 1. The topological polar surface area (TPSA) is 70.8 Å². The third-order valence-corrected chi connectivity index (χ3v) is 5.10. The van der Waals surface area contributed by atoms with E-state index >= 15 is 0 Å². The van der Waals surface area contributed by atoms with Gasteiger partial charge in [-0.1, -0.05) is 24.3 Å². The van der Waals surface area contributed by atoms with E-state index in [0.29, 0.717) is 25.1 Å². The summed E-state index contributed by atoms with van der Waals surface area (Å²) in [5.74, 6) is 0.823. The van der Waals surface area contributed by atoms with Gasteiger partial charge in [0.1, 0.15) is 17.8 Å². The summed E-state index contributed by atoms with van der Waals surface area (Å²) in [7, 11) is 0. The minimum atomic E-state index is -4.36. The van der Waals surface area contributed by atoms with Crippen molar-refractivity contribution in [2.24, 2.45) is 5.73 Å². The third-order valence-electron chi connectivity index (χ3n) is 5.10. The lowest BCUT2D eigenvalue weighted by molar-refractivity contribution is -0.137. The second-order valence-corrected chi connectivity index (χ2v) is 7.25. The number of nitrogens with two attached hydrogens (primary N) is 1. The standard InChI is InChI=1S/C20H20F3N5/c1-13-10-25-17-16(13)18(27-12-26-17)28-8-7-19(24,11-28)6-5-14-3-2-4-15(9-14)20(21,22)23/h2-6,9-10,12H,7-8,11,24H2,1H3,(H,25,26,27). The van der Waals surface area contributed by atoms with Gasteiger partial charge in [-0.3, -0.25) is 0 Å². The molecule has 146 valence electrons. The Kier molecular flexibility index (Phi) is 4.38. The zero-order valence-corrected chi connectivity index (χ0v) is 15.3. The monoisotopic (exact) mass is 387 g/mol. The van der Waals surface area contributed by atoms with Crippen molar-refractivity contribution in [2.45, 2.75) is 25.1 Å². The molecule has 1 atom stereocenters. The van der Waals surface area contributed by atoms with Crippen LogP contribution in [-0.4, -0.2) is 33.6 Å². The van der Waals surface area contributed by atoms with Gasteiger partial charge in [-0.05, 0) is 36.6 Å². The molecule has 28 heavy (non-hydrogen) atoms. The molecular weight excluding hydrogens is 367 g/mol. The molecule has 2 aromatic heterocycles.